The largest absolute Gasteiger partial charge is 0.387 e. The maximum atomic E-state index is 12.8. The van der Waals surface area contributed by atoms with Crippen LogP contribution in [0.2, 0.25) is 0 Å². The number of likely N-dealkylation sites (tertiary alicyclic amines) is 2. The lowest BCUT2D eigenvalue weighted by Gasteiger charge is -2.31. The lowest BCUT2D eigenvalue weighted by Crippen LogP contribution is -2.49. The van der Waals surface area contributed by atoms with Crippen LogP contribution in [0.15, 0.2) is 12.7 Å². The topological polar surface area (TPSA) is 74.5 Å². The van der Waals surface area contributed by atoms with Gasteiger partial charge in [-0.05, 0) is 46.2 Å². The fraction of sp³-hybridized carbons (Fsp3) is 0.800. The first-order chi connectivity index (χ1) is 10.4. The van der Waals surface area contributed by atoms with Crippen molar-refractivity contribution < 1.29 is 9.90 Å². The minimum Gasteiger partial charge on any atom is -0.387 e. The van der Waals surface area contributed by atoms with E-state index in [1.54, 1.807) is 15.9 Å². The second-order valence-corrected chi connectivity index (χ2v) is 7.08. The molecule has 2 aliphatic heterocycles. The number of hydrogen-bond donors (Lipinski definition) is 1. The van der Waals surface area contributed by atoms with Crippen molar-refractivity contribution in [3.63, 3.8) is 0 Å². The first-order valence-electron chi connectivity index (χ1n) is 8.00. The van der Waals surface area contributed by atoms with Crippen LogP contribution in [0, 0.1) is 0 Å². The van der Waals surface area contributed by atoms with Crippen molar-refractivity contribution in [3.8, 4) is 0 Å². The molecule has 122 valence electrons. The maximum absolute atomic E-state index is 12.8. The molecular weight excluding hydrogens is 282 g/mol. The van der Waals surface area contributed by atoms with Crippen LogP contribution in [0.5, 0.6) is 0 Å². The van der Waals surface area contributed by atoms with Gasteiger partial charge in [-0.1, -0.05) is 0 Å². The molecule has 7 nitrogen and oxygen atoms in total. The zero-order valence-electron chi connectivity index (χ0n) is 13.4. The van der Waals surface area contributed by atoms with Gasteiger partial charge in [-0.3, -0.25) is 4.79 Å². The summed E-state index contributed by atoms with van der Waals surface area (Å²) in [7, 11) is 0. The third-order valence-electron chi connectivity index (χ3n) is 4.85. The third kappa shape index (κ3) is 2.87. The predicted octanol–water partition coefficient (Wildman–Crippen LogP) is 0.0724. The van der Waals surface area contributed by atoms with E-state index in [2.05, 4.69) is 15.0 Å². The number of hydrogen-bond acceptors (Lipinski definition) is 5. The maximum Gasteiger partial charge on any atom is 0.250 e. The summed E-state index contributed by atoms with van der Waals surface area (Å²) in [5.74, 6) is -0.0182. The average molecular weight is 307 g/mol. The number of rotatable bonds is 4. The van der Waals surface area contributed by atoms with Gasteiger partial charge in [0.1, 0.15) is 18.2 Å². The number of β-amino-alcohol motifs (C(OH)–C–C–N with tert-alkyl or cyclic N) is 1. The van der Waals surface area contributed by atoms with Gasteiger partial charge in [-0.2, -0.15) is 5.10 Å². The number of nitrogens with zero attached hydrogens (tertiary/aromatic N) is 5. The van der Waals surface area contributed by atoms with Gasteiger partial charge < -0.3 is 14.9 Å². The lowest BCUT2D eigenvalue weighted by atomic mass is 10.0. The second kappa shape index (κ2) is 5.62. The van der Waals surface area contributed by atoms with Crippen LogP contribution >= 0.6 is 0 Å². The summed E-state index contributed by atoms with van der Waals surface area (Å²) in [6.07, 6.45) is 6.05. The quantitative estimate of drug-likeness (QED) is 0.852. The molecule has 2 fully saturated rings. The van der Waals surface area contributed by atoms with Gasteiger partial charge in [-0.15, -0.1) is 0 Å². The first-order valence-corrected chi connectivity index (χ1v) is 8.00. The highest BCUT2D eigenvalue weighted by Crippen LogP contribution is 2.27. The Kier molecular flexibility index (Phi) is 3.94. The number of aliphatic hydroxyl groups is 1. The van der Waals surface area contributed by atoms with E-state index in [4.69, 9.17) is 0 Å². The molecule has 0 radical (unpaired) electrons. The number of carbonyl (C=O) groups excluding carboxylic acids is 1. The summed E-state index contributed by atoms with van der Waals surface area (Å²) < 4.78 is 1.58. The molecule has 7 heteroatoms. The molecule has 0 bridgehead atoms. The summed E-state index contributed by atoms with van der Waals surface area (Å²) in [5.41, 5.74) is -1.56. The summed E-state index contributed by atoms with van der Waals surface area (Å²) >= 11 is 0. The molecule has 22 heavy (non-hydrogen) atoms. The molecule has 1 aromatic heterocycles. The molecule has 1 aromatic rings. The number of amides is 1. The molecule has 1 atom stereocenters. The minimum absolute atomic E-state index is 0.0182. The highest BCUT2D eigenvalue weighted by Gasteiger charge is 2.44. The van der Waals surface area contributed by atoms with Gasteiger partial charge in [0.05, 0.1) is 12.1 Å². The Labute approximate surface area is 130 Å². The normalized spacial score (nSPS) is 26.8. The van der Waals surface area contributed by atoms with Crippen molar-refractivity contribution in [1.29, 1.82) is 0 Å². The Morgan fingerprint density at radius 1 is 1.32 bits per heavy atom. The molecule has 2 aliphatic rings. The van der Waals surface area contributed by atoms with Crippen LogP contribution in [0.25, 0.3) is 0 Å². The fourth-order valence-corrected chi connectivity index (χ4v) is 3.50. The first kappa shape index (κ1) is 15.4. The SMILES string of the molecule is CC(C)(C(=O)N1CC[C@](O)(CN2CCCC2)C1)n1cncn1. The second-order valence-electron chi connectivity index (χ2n) is 7.08. The predicted molar refractivity (Wildman–Crippen MR) is 81.2 cm³/mol. The number of aromatic nitrogens is 3. The molecule has 0 aliphatic carbocycles. The van der Waals surface area contributed by atoms with Crippen LogP contribution in [0.1, 0.15) is 33.1 Å². The van der Waals surface area contributed by atoms with E-state index in [1.807, 2.05) is 13.8 Å². The van der Waals surface area contributed by atoms with Gasteiger partial charge in [0.25, 0.3) is 0 Å². The van der Waals surface area contributed by atoms with Crippen LogP contribution in [0.4, 0.5) is 0 Å². The van der Waals surface area contributed by atoms with E-state index in [9.17, 15) is 9.90 Å². The van der Waals surface area contributed by atoms with E-state index in [0.29, 0.717) is 26.1 Å². The van der Waals surface area contributed by atoms with Crippen LogP contribution in [-0.2, 0) is 10.3 Å². The van der Waals surface area contributed by atoms with Gasteiger partial charge in [-0.25, -0.2) is 9.67 Å². The summed E-state index contributed by atoms with van der Waals surface area (Å²) in [5, 5.41) is 14.9. The highest BCUT2D eigenvalue weighted by molar-refractivity contribution is 5.84. The Hall–Kier alpha value is -1.47. The van der Waals surface area contributed by atoms with Crippen molar-refractivity contribution in [3.05, 3.63) is 12.7 Å². The van der Waals surface area contributed by atoms with Gasteiger partial charge >= 0.3 is 0 Å². The van der Waals surface area contributed by atoms with Gasteiger partial charge in [0.2, 0.25) is 5.91 Å². The van der Waals surface area contributed by atoms with Crippen molar-refractivity contribution in [2.45, 2.75) is 44.2 Å². The van der Waals surface area contributed by atoms with Crippen LogP contribution in [-0.4, -0.2) is 73.9 Å². The molecule has 1 amide bonds. The Morgan fingerprint density at radius 3 is 2.68 bits per heavy atom. The van der Waals surface area contributed by atoms with Gasteiger partial charge in [0.15, 0.2) is 0 Å². The Morgan fingerprint density at radius 2 is 2.05 bits per heavy atom. The molecule has 2 saturated heterocycles. The minimum atomic E-state index is -0.782. The molecule has 0 spiro atoms. The molecule has 0 saturated carbocycles. The monoisotopic (exact) mass is 307 g/mol. The van der Waals surface area contributed by atoms with E-state index >= 15 is 0 Å². The van der Waals surface area contributed by atoms with E-state index in [-0.39, 0.29) is 5.91 Å². The third-order valence-corrected chi connectivity index (χ3v) is 4.85. The van der Waals surface area contributed by atoms with Crippen molar-refractivity contribution in [2.75, 3.05) is 32.7 Å². The zero-order chi connectivity index (χ0) is 15.8. The van der Waals surface area contributed by atoms with Crippen molar-refractivity contribution >= 4 is 5.91 Å². The fourth-order valence-electron chi connectivity index (χ4n) is 3.50. The lowest BCUT2D eigenvalue weighted by molar-refractivity contribution is -0.139. The van der Waals surface area contributed by atoms with Crippen LogP contribution < -0.4 is 0 Å². The average Bonchev–Trinajstić information content (AvgIpc) is 3.19. The van der Waals surface area contributed by atoms with Crippen molar-refractivity contribution in [1.82, 2.24) is 24.6 Å². The molecule has 1 N–H and O–H groups in total. The molecule has 0 unspecified atom stereocenters. The Bertz CT molecular complexity index is 524. The Balaban J connectivity index is 1.65. The molecule has 3 rings (SSSR count). The standard InChI is InChI=1S/C15H25N5O2/c1-14(2,20-12-16-11-17-20)13(21)19-8-5-15(22,10-19)9-18-6-3-4-7-18/h11-12,22H,3-10H2,1-2H3/t15-/m0/s1. The zero-order valence-corrected chi connectivity index (χ0v) is 13.4. The highest BCUT2D eigenvalue weighted by atomic mass is 16.3. The molecular formula is C15H25N5O2. The van der Waals surface area contributed by atoms with Gasteiger partial charge in [0, 0.05) is 13.1 Å². The van der Waals surface area contributed by atoms with Crippen molar-refractivity contribution in [2.24, 2.45) is 0 Å². The molecule has 0 aromatic carbocycles. The summed E-state index contributed by atoms with van der Waals surface area (Å²) in [6.45, 7) is 7.45. The summed E-state index contributed by atoms with van der Waals surface area (Å²) in [6, 6.07) is 0. The number of carbonyl (C=O) groups is 1. The van der Waals surface area contributed by atoms with E-state index < -0.39 is 11.1 Å². The van der Waals surface area contributed by atoms with Crippen LogP contribution in [0.3, 0.4) is 0 Å². The van der Waals surface area contributed by atoms with E-state index in [0.717, 1.165) is 13.1 Å². The molecule has 3 heterocycles. The summed E-state index contributed by atoms with van der Waals surface area (Å²) in [4.78, 5) is 20.8. The smallest absolute Gasteiger partial charge is 0.250 e. The van der Waals surface area contributed by atoms with E-state index in [1.165, 1.54) is 19.2 Å².